The lowest BCUT2D eigenvalue weighted by Crippen LogP contribution is -2.09. The number of hydrogen-bond acceptors (Lipinski definition) is 6. The zero-order chi connectivity index (χ0) is 13.8. The lowest BCUT2D eigenvalue weighted by molar-refractivity contribution is -0.0386. The van der Waals surface area contributed by atoms with Crippen LogP contribution in [0.25, 0.3) is 10.1 Å². The van der Waals surface area contributed by atoms with Gasteiger partial charge in [0, 0.05) is 10.8 Å². The number of fused-ring (bicyclic) bond motifs is 1. The Balaban J connectivity index is 1.49. The first kappa shape index (κ1) is 12.8. The molecule has 0 fully saturated rings. The molecule has 102 valence electrons. The van der Waals surface area contributed by atoms with E-state index in [0.29, 0.717) is 6.61 Å². The first-order chi connectivity index (χ1) is 9.83. The van der Waals surface area contributed by atoms with Crippen LogP contribution in [-0.4, -0.2) is 17.9 Å². The highest BCUT2D eigenvalue weighted by molar-refractivity contribution is 7.17. The van der Waals surface area contributed by atoms with Gasteiger partial charge >= 0.3 is 5.97 Å². The fourth-order valence-electron chi connectivity index (χ4n) is 1.75. The Morgan fingerprint density at radius 3 is 3.10 bits per heavy atom. The van der Waals surface area contributed by atoms with Crippen LogP contribution in [0.15, 0.2) is 46.5 Å². The van der Waals surface area contributed by atoms with E-state index in [-0.39, 0.29) is 12.5 Å². The molecule has 0 bridgehead atoms. The molecule has 2 aromatic heterocycles. The van der Waals surface area contributed by atoms with Crippen LogP contribution in [-0.2, 0) is 16.1 Å². The smallest absolute Gasteiger partial charge is 0.362 e. The molecule has 0 N–H and O–H groups in total. The minimum Gasteiger partial charge on any atom is -0.434 e. The van der Waals surface area contributed by atoms with Crippen molar-refractivity contribution in [3.8, 4) is 0 Å². The van der Waals surface area contributed by atoms with Crippen LogP contribution in [0.1, 0.15) is 16.1 Å². The highest BCUT2D eigenvalue weighted by Crippen LogP contribution is 2.21. The van der Waals surface area contributed by atoms with Gasteiger partial charge < -0.3 is 14.0 Å². The molecular formula is C14H11NO4S. The number of esters is 1. The first-order valence-electron chi connectivity index (χ1n) is 5.94. The fourth-order valence-corrected chi connectivity index (χ4v) is 2.52. The minimum absolute atomic E-state index is 0.118. The van der Waals surface area contributed by atoms with E-state index >= 15 is 0 Å². The van der Waals surface area contributed by atoms with E-state index in [2.05, 4.69) is 33.3 Å². The van der Waals surface area contributed by atoms with Gasteiger partial charge in [-0.1, -0.05) is 11.2 Å². The number of thiophene rings is 1. The topological polar surface area (TPSA) is 61.6 Å². The molecule has 0 atom stereocenters. The second kappa shape index (κ2) is 5.85. The molecule has 20 heavy (non-hydrogen) atoms. The summed E-state index contributed by atoms with van der Waals surface area (Å²) in [4.78, 5) is 11.4. The van der Waals surface area contributed by atoms with Gasteiger partial charge in [0.05, 0.1) is 6.61 Å². The quantitative estimate of drug-likeness (QED) is 0.410. The van der Waals surface area contributed by atoms with Crippen LogP contribution >= 0.6 is 11.3 Å². The van der Waals surface area contributed by atoms with E-state index in [9.17, 15) is 4.79 Å². The maximum absolute atomic E-state index is 11.4. The van der Waals surface area contributed by atoms with E-state index in [0.717, 1.165) is 5.56 Å². The molecule has 0 unspecified atom stereocenters. The Hall–Kier alpha value is -2.18. The van der Waals surface area contributed by atoms with Crippen LogP contribution in [0.3, 0.4) is 0 Å². The maximum atomic E-state index is 11.4. The Kier molecular flexibility index (Phi) is 3.76. The van der Waals surface area contributed by atoms with Gasteiger partial charge in [-0.05, 0) is 34.5 Å². The predicted octanol–water partition coefficient (Wildman–Crippen LogP) is 3.22. The van der Waals surface area contributed by atoms with Gasteiger partial charge in [-0.2, -0.15) is 0 Å². The van der Waals surface area contributed by atoms with Gasteiger partial charge in [0.1, 0.15) is 6.26 Å². The monoisotopic (exact) mass is 289 g/mol. The van der Waals surface area contributed by atoms with Gasteiger partial charge in [-0.25, -0.2) is 4.79 Å². The van der Waals surface area contributed by atoms with Crippen LogP contribution < -0.4 is 0 Å². The van der Waals surface area contributed by atoms with Crippen molar-refractivity contribution in [3.05, 3.63) is 53.2 Å². The number of rotatable bonds is 5. The lowest BCUT2D eigenvalue weighted by atomic mass is 10.2. The number of benzene rings is 1. The number of ether oxygens (including phenoxy) is 2. The van der Waals surface area contributed by atoms with Crippen LogP contribution in [0.4, 0.5) is 0 Å². The summed E-state index contributed by atoms with van der Waals surface area (Å²) < 4.78 is 16.0. The molecule has 0 spiro atoms. The summed E-state index contributed by atoms with van der Waals surface area (Å²) in [5, 5.41) is 6.72. The van der Waals surface area contributed by atoms with E-state index in [1.165, 1.54) is 22.4 Å². The Bertz CT molecular complexity index is 705. The maximum Gasteiger partial charge on any atom is 0.362 e. The van der Waals surface area contributed by atoms with Crippen molar-refractivity contribution in [2.45, 2.75) is 6.61 Å². The second-order valence-electron chi connectivity index (χ2n) is 4.08. The first-order valence-corrected chi connectivity index (χ1v) is 6.82. The van der Waals surface area contributed by atoms with Crippen LogP contribution in [0, 0.1) is 0 Å². The van der Waals surface area contributed by atoms with Crippen molar-refractivity contribution in [2.24, 2.45) is 0 Å². The third-order valence-corrected chi connectivity index (χ3v) is 3.60. The zero-order valence-electron chi connectivity index (χ0n) is 10.4. The third kappa shape index (κ3) is 2.87. The number of aromatic nitrogens is 1. The molecule has 0 aliphatic rings. The second-order valence-corrected chi connectivity index (χ2v) is 5.02. The third-order valence-electron chi connectivity index (χ3n) is 2.71. The summed E-state index contributed by atoms with van der Waals surface area (Å²) >= 11 is 1.70. The Morgan fingerprint density at radius 2 is 2.25 bits per heavy atom. The molecule has 0 amide bonds. The van der Waals surface area contributed by atoms with Crippen LogP contribution in [0.2, 0.25) is 0 Å². The summed E-state index contributed by atoms with van der Waals surface area (Å²) in [6, 6.07) is 9.62. The Labute approximate surface area is 118 Å². The fraction of sp³-hybridized carbons (Fsp3) is 0.143. The number of carbonyl (C=O) groups excluding carboxylic acids is 1. The highest BCUT2D eigenvalue weighted by atomic mass is 32.1. The van der Waals surface area contributed by atoms with E-state index < -0.39 is 5.97 Å². The molecular weight excluding hydrogens is 278 g/mol. The predicted molar refractivity (Wildman–Crippen MR) is 73.4 cm³/mol. The minimum atomic E-state index is -0.563. The molecule has 5 nitrogen and oxygen atoms in total. The number of nitrogens with zero attached hydrogens (tertiary/aromatic N) is 1. The molecule has 0 radical (unpaired) electrons. The summed E-state index contributed by atoms with van der Waals surface area (Å²) in [5.41, 5.74) is 1.17. The van der Waals surface area contributed by atoms with Gasteiger partial charge in [-0.15, -0.1) is 11.3 Å². The Morgan fingerprint density at radius 1 is 1.30 bits per heavy atom. The van der Waals surface area contributed by atoms with Gasteiger partial charge in [0.15, 0.2) is 12.5 Å². The molecule has 2 heterocycles. The lowest BCUT2D eigenvalue weighted by Gasteiger charge is -2.05. The van der Waals surface area contributed by atoms with Crippen molar-refractivity contribution in [1.82, 2.24) is 5.16 Å². The molecule has 3 rings (SSSR count). The molecule has 0 saturated carbocycles. The summed E-state index contributed by atoms with van der Waals surface area (Å²) in [5.74, 6) is -0.563. The molecule has 6 heteroatoms. The highest BCUT2D eigenvalue weighted by Gasteiger charge is 2.09. The van der Waals surface area contributed by atoms with Crippen molar-refractivity contribution in [2.75, 3.05) is 6.79 Å². The average Bonchev–Trinajstić information content (AvgIpc) is 3.13. The van der Waals surface area contributed by atoms with Crippen molar-refractivity contribution >= 4 is 27.4 Å². The molecule has 0 aliphatic carbocycles. The van der Waals surface area contributed by atoms with Crippen molar-refractivity contribution < 1.29 is 18.8 Å². The van der Waals surface area contributed by atoms with Gasteiger partial charge in [-0.3, -0.25) is 0 Å². The summed E-state index contributed by atoms with van der Waals surface area (Å²) in [6.45, 7) is 0.269. The summed E-state index contributed by atoms with van der Waals surface area (Å²) in [7, 11) is 0. The molecule has 0 saturated heterocycles. The number of carbonyl (C=O) groups is 1. The van der Waals surface area contributed by atoms with Crippen LogP contribution in [0.5, 0.6) is 0 Å². The van der Waals surface area contributed by atoms with Crippen molar-refractivity contribution in [3.63, 3.8) is 0 Å². The SMILES string of the molecule is O=C(OCOCc1ccc2sccc2c1)c1ccon1. The molecule has 3 aromatic rings. The van der Waals surface area contributed by atoms with Crippen molar-refractivity contribution in [1.29, 1.82) is 0 Å². The number of hydrogen-bond donors (Lipinski definition) is 0. The molecule has 1 aromatic carbocycles. The van der Waals surface area contributed by atoms with E-state index in [4.69, 9.17) is 9.47 Å². The van der Waals surface area contributed by atoms with E-state index in [1.807, 2.05) is 6.07 Å². The average molecular weight is 289 g/mol. The summed E-state index contributed by atoms with van der Waals surface area (Å²) in [6.07, 6.45) is 1.31. The van der Waals surface area contributed by atoms with Gasteiger partial charge in [0.2, 0.25) is 0 Å². The normalized spacial score (nSPS) is 10.8. The van der Waals surface area contributed by atoms with E-state index in [1.54, 1.807) is 11.3 Å². The molecule has 0 aliphatic heterocycles. The van der Waals surface area contributed by atoms with Gasteiger partial charge in [0.25, 0.3) is 0 Å². The standard InChI is InChI=1S/C14H11NO4S/c16-14(12-3-5-19-15-12)18-9-17-8-10-1-2-13-11(7-10)4-6-20-13/h1-7H,8-9H2. The largest absolute Gasteiger partial charge is 0.434 e. The zero-order valence-corrected chi connectivity index (χ0v) is 11.3.